The molecule has 3 aromatic rings. The third-order valence-electron chi connectivity index (χ3n) is 4.03. The zero-order chi connectivity index (χ0) is 18.5. The van der Waals surface area contributed by atoms with Gasteiger partial charge in [-0.1, -0.05) is 48.0 Å². The SMILES string of the molecule is CC(=O)NC(C)Cc1ccc(-c2cnc(-c3ccc(Cl)cc3)cn2)cc1. The standard InChI is InChI=1S/C21H20ClN3O/c1-14(25-15(2)26)11-16-3-5-17(6-4-16)20-12-24-21(13-23-20)18-7-9-19(22)10-8-18/h3-10,12-14H,11H2,1-2H3,(H,25,26). The average Bonchev–Trinajstić information content (AvgIpc) is 2.62. The Kier molecular flexibility index (Phi) is 5.64. The molecule has 0 saturated heterocycles. The molecule has 2 aromatic carbocycles. The molecule has 0 aliphatic rings. The van der Waals surface area contributed by atoms with Crippen molar-refractivity contribution in [2.24, 2.45) is 0 Å². The number of hydrogen-bond donors (Lipinski definition) is 1. The highest BCUT2D eigenvalue weighted by Gasteiger charge is 2.07. The lowest BCUT2D eigenvalue weighted by Gasteiger charge is -2.12. The summed E-state index contributed by atoms with van der Waals surface area (Å²) in [5.74, 6) is -0.00910. The van der Waals surface area contributed by atoms with Crippen LogP contribution in [0.3, 0.4) is 0 Å². The molecule has 5 heteroatoms. The fourth-order valence-electron chi connectivity index (χ4n) is 2.81. The van der Waals surface area contributed by atoms with Gasteiger partial charge in [-0.05, 0) is 31.0 Å². The van der Waals surface area contributed by atoms with Gasteiger partial charge in [0.2, 0.25) is 5.91 Å². The minimum Gasteiger partial charge on any atom is -0.354 e. The monoisotopic (exact) mass is 365 g/mol. The van der Waals surface area contributed by atoms with E-state index in [9.17, 15) is 4.79 Å². The highest BCUT2D eigenvalue weighted by atomic mass is 35.5. The molecule has 1 N–H and O–H groups in total. The Morgan fingerprint density at radius 3 is 1.92 bits per heavy atom. The van der Waals surface area contributed by atoms with Crippen molar-refractivity contribution in [1.82, 2.24) is 15.3 Å². The maximum Gasteiger partial charge on any atom is 0.217 e. The lowest BCUT2D eigenvalue weighted by molar-refractivity contribution is -0.119. The molecule has 1 atom stereocenters. The van der Waals surface area contributed by atoms with Crippen LogP contribution in [0.2, 0.25) is 5.02 Å². The zero-order valence-corrected chi connectivity index (χ0v) is 15.5. The fourth-order valence-corrected chi connectivity index (χ4v) is 2.94. The topological polar surface area (TPSA) is 54.9 Å². The number of hydrogen-bond acceptors (Lipinski definition) is 3. The zero-order valence-electron chi connectivity index (χ0n) is 14.7. The van der Waals surface area contributed by atoms with E-state index >= 15 is 0 Å². The number of carbonyl (C=O) groups is 1. The first-order valence-corrected chi connectivity index (χ1v) is 8.83. The molecule has 0 fully saturated rings. The first kappa shape index (κ1) is 18.1. The molecule has 0 bridgehead atoms. The Bertz CT molecular complexity index is 875. The maximum absolute atomic E-state index is 11.1. The van der Waals surface area contributed by atoms with E-state index in [-0.39, 0.29) is 11.9 Å². The summed E-state index contributed by atoms with van der Waals surface area (Å²) in [4.78, 5) is 20.1. The van der Waals surface area contributed by atoms with Crippen molar-refractivity contribution in [3.8, 4) is 22.5 Å². The minimum atomic E-state index is -0.00910. The molecule has 0 aliphatic heterocycles. The van der Waals surface area contributed by atoms with Crippen molar-refractivity contribution in [2.45, 2.75) is 26.3 Å². The fraction of sp³-hybridized carbons (Fsp3) is 0.190. The molecule has 4 nitrogen and oxygen atoms in total. The third kappa shape index (κ3) is 4.67. The van der Waals surface area contributed by atoms with E-state index in [0.717, 1.165) is 28.9 Å². The number of rotatable bonds is 5. The molecule has 0 saturated carbocycles. The van der Waals surface area contributed by atoms with Gasteiger partial charge in [-0.15, -0.1) is 0 Å². The quantitative estimate of drug-likeness (QED) is 0.722. The van der Waals surface area contributed by atoms with Gasteiger partial charge in [0.05, 0.1) is 23.8 Å². The second-order valence-corrected chi connectivity index (χ2v) is 6.73. The van der Waals surface area contributed by atoms with Gasteiger partial charge in [0.15, 0.2) is 0 Å². The van der Waals surface area contributed by atoms with E-state index in [1.54, 1.807) is 12.4 Å². The van der Waals surface area contributed by atoms with E-state index in [2.05, 4.69) is 27.4 Å². The molecule has 1 aromatic heterocycles. The Balaban J connectivity index is 1.71. The van der Waals surface area contributed by atoms with Crippen LogP contribution in [0.25, 0.3) is 22.5 Å². The Labute approximate surface area is 158 Å². The summed E-state index contributed by atoms with van der Waals surface area (Å²) in [6, 6.07) is 15.8. The van der Waals surface area contributed by atoms with Crippen molar-refractivity contribution in [1.29, 1.82) is 0 Å². The molecular formula is C21H20ClN3O. The highest BCUT2D eigenvalue weighted by molar-refractivity contribution is 6.30. The van der Waals surface area contributed by atoms with Crippen molar-refractivity contribution < 1.29 is 4.79 Å². The van der Waals surface area contributed by atoms with Gasteiger partial charge in [0.25, 0.3) is 0 Å². The van der Waals surface area contributed by atoms with Gasteiger partial charge in [0, 0.05) is 29.1 Å². The molecule has 0 aliphatic carbocycles. The van der Waals surface area contributed by atoms with Crippen molar-refractivity contribution in [3.63, 3.8) is 0 Å². The van der Waals surface area contributed by atoms with E-state index < -0.39 is 0 Å². The highest BCUT2D eigenvalue weighted by Crippen LogP contribution is 2.22. The first-order chi connectivity index (χ1) is 12.5. The van der Waals surface area contributed by atoms with Crippen LogP contribution in [-0.4, -0.2) is 21.9 Å². The lowest BCUT2D eigenvalue weighted by atomic mass is 10.0. The van der Waals surface area contributed by atoms with Gasteiger partial charge in [-0.3, -0.25) is 14.8 Å². The minimum absolute atomic E-state index is 0.00910. The summed E-state index contributed by atoms with van der Waals surface area (Å²) < 4.78 is 0. The number of nitrogens with zero attached hydrogens (tertiary/aromatic N) is 2. The van der Waals surface area contributed by atoms with Crippen LogP contribution >= 0.6 is 11.6 Å². The van der Waals surface area contributed by atoms with Gasteiger partial charge >= 0.3 is 0 Å². The predicted octanol–water partition coefficient (Wildman–Crippen LogP) is 4.53. The summed E-state index contributed by atoms with van der Waals surface area (Å²) in [5, 5.41) is 3.59. The smallest absolute Gasteiger partial charge is 0.217 e. The van der Waals surface area contributed by atoms with Crippen LogP contribution in [-0.2, 0) is 11.2 Å². The van der Waals surface area contributed by atoms with E-state index in [4.69, 9.17) is 11.6 Å². The lowest BCUT2D eigenvalue weighted by Crippen LogP contribution is -2.31. The maximum atomic E-state index is 11.1. The largest absolute Gasteiger partial charge is 0.354 e. The second kappa shape index (κ2) is 8.11. The summed E-state index contributed by atoms with van der Waals surface area (Å²) in [6.07, 6.45) is 4.34. The van der Waals surface area contributed by atoms with Crippen molar-refractivity contribution >= 4 is 17.5 Å². The van der Waals surface area contributed by atoms with Crippen LogP contribution < -0.4 is 5.32 Å². The second-order valence-electron chi connectivity index (χ2n) is 6.30. The Morgan fingerprint density at radius 2 is 1.46 bits per heavy atom. The molecule has 0 radical (unpaired) electrons. The Hall–Kier alpha value is -2.72. The predicted molar refractivity (Wildman–Crippen MR) is 105 cm³/mol. The molecule has 132 valence electrons. The van der Waals surface area contributed by atoms with Gasteiger partial charge < -0.3 is 5.32 Å². The van der Waals surface area contributed by atoms with Crippen LogP contribution in [0.15, 0.2) is 60.9 Å². The van der Waals surface area contributed by atoms with E-state index in [1.807, 2.05) is 43.3 Å². The molecule has 26 heavy (non-hydrogen) atoms. The van der Waals surface area contributed by atoms with Crippen LogP contribution in [0.1, 0.15) is 19.4 Å². The molecule has 0 spiro atoms. The summed E-state index contributed by atoms with van der Waals surface area (Å²) in [6.45, 7) is 3.53. The normalized spacial score (nSPS) is 11.8. The number of amides is 1. The number of aromatic nitrogens is 2. The van der Waals surface area contributed by atoms with Crippen LogP contribution in [0.5, 0.6) is 0 Å². The first-order valence-electron chi connectivity index (χ1n) is 8.45. The van der Waals surface area contributed by atoms with Gasteiger partial charge in [-0.2, -0.15) is 0 Å². The van der Waals surface area contributed by atoms with Gasteiger partial charge in [-0.25, -0.2) is 0 Å². The molecule has 1 amide bonds. The molecular weight excluding hydrogens is 346 g/mol. The van der Waals surface area contributed by atoms with Crippen molar-refractivity contribution in [2.75, 3.05) is 0 Å². The number of benzene rings is 2. The molecule has 1 heterocycles. The number of nitrogens with one attached hydrogen (secondary N) is 1. The summed E-state index contributed by atoms with van der Waals surface area (Å²) >= 11 is 5.92. The van der Waals surface area contributed by atoms with E-state index in [0.29, 0.717) is 5.02 Å². The van der Waals surface area contributed by atoms with Crippen LogP contribution in [0.4, 0.5) is 0 Å². The molecule has 3 rings (SSSR count). The van der Waals surface area contributed by atoms with E-state index in [1.165, 1.54) is 12.5 Å². The number of carbonyl (C=O) groups excluding carboxylic acids is 1. The van der Waals surface area contributed by atoms with Crippen LogP contribution in [0, 0.1) is 0 Å². The van der Waals surface area contributed by atoms with Gasteiger partial charge in [0.1, 0.15) is 0 Å². The Morgan fingerprint density at radius 1 is 0.962 bits per heavy atom. The van der Waals surface area contributed by atoms with Crippen molar-refractivity contribution in [3.05, 3.63) is 71.5 Å². The summed E-state index contributed by atoms with van der Waals surface area (Å²) in [7, 11) is 0. The average molecular weight is 366 g/mol. The number of halogens is 1. The molecule has 1 unspecified atom stereocenters. The summed E-state index contributed by atoms with van der Waals surface area (Å²) in [5.41, 5.74) is 4.79. The third-order valence-corrected chi connectivity index (χ3v) is 4.29.